The van der Waals surface area contributed by atoms with Gasteiger partial charge in [0.25, 0.3) is 0 Å². The zero-order valence-corrected chi connectivity index (χ0v) is 16.8. The van der Waals surface area contributed by atoms with E-state index >= 15 is 0 Å². The predicted molar refractivity (Wildman–Crippen MR) is 119 cm³/mol. The van der Waals surface area contributed by atoms with Crippen LogP contribution in [0.4, 0.5) is 4.39 Å². The first-order chi connectivity index (χ1) is 15.2. The van der Waals surface area contributed by atoms with Crippen molar-refractivity contribution in [2.75, 3.05) is 0 Å². The third-order valence-electron chi connectivity index (χ3n) is 4.71. The van der Waals surface area contributed by atoms with Crippen LogP contribution in [0.3, 0.4) is 0 Å². The highest BCUT2D eigenvalue weighted by Gasteiger charge is 2.15. The predicted octanol–water partition coefficient (Wildman–Crippen LogP) is 6.03. The molecule has 0 radical (unpaired) electrons. The van der Waals surface area contributed by atoms with Gasteiger partial charge in [0.15, 0.2) is 0 Å². The SMILES string of the molecule is C#Cc1ccc(F)c(-c2ccc(OCc3ccccc3)nc2OCc2ccccc2)c1. The molecule has 0 aliphatic carbocycles. The Kier molecular flexibility index (Phi) is 6.25. The maximum Gasteiger partial charge on any atom is 0.225 e. The summed E-state index contributed by atoms with van der Waals surface area (Å²) in [5, 5.41) is 0. The van der Waals surface area contributed by atoms with Crippen molar-refractivity contribution in [2.45, 2.75) is 13.2 Å². The standard InChI is InChI=1S/C27H20FNO2/c1-2-20-13-15-25(28)24(17-20)23-14-16-26(30-18-21-9-5-3-6-10-21)29-27(23)31-19-22-11-7-4-8-12-22/h1,3-17H,18-19H2. The fourth-order valence-electron chi connectivity index (χ4n) is 3.10. The Morgan fingerprint density at radius 1 is 0.742 bits per heavy atom. The molecule has 3 aromatic carbocycles. The molecule has 0 unspecified atom stereocenters. The van der Waals surface area contributed by atoms with Gasteiger partial charge in [-0.3, -0.25) is 0 Å². The first kappa shape index (κ1) is 20.2. The van der Waals surface area contributed by atoms with Crippen LogP contribution in [-0.4, -0.2) is 4.98 Å². The summed E-state index contributed by atoms with van der Waals surface area (Å²) in [5.41, 5.74) is 3.42. The lowest BCUT2D eigenvalue weighted by molar-refractivity contribution is 0.268. The van der Waals surface area contributed by atoms with E-state index in [0.29, 0.717) is 35.8 Å². The second-order valence-corrected chi connectivity index (χ2v) is 6.89. The zero-order chi connectivity index (χ0) is 21.5. The molecule has 1 aromatic heterocycles. The Bertz CT molecular complexity index is 1200. The van der Waals surface area contributed by atoms with E-state index in [9.17, 15) is 4.39 Å². The Hall–Kier alpha value is -4.10. The maximum absolute atomic E-state index is 14.6. The van der Waals surface area contributed by atoms with Crippen LogP contribution in [-0.2, 0) is 13.2 Å². The molecule has 0 bridgehead atoms. The molecular weight excluding hydrogens is 389 g/mol. The summed E-state index contributed by atoms with van der Waals surface area (Å²) in [6.45, 7) is 0.658. The van der Waals surface area contributed by atoms with Crippen molar-refractivity contribution in [1.29, 1.82) is 0 Å². The van der Waals surface area contributed by atoms with Crippen LogP contribution in [0.25, 0.3) is 11.1 Å². The van der Waals surface area contributed by atoms with E-state index < -0.39 is 5.82 Å². The van der Waals surface area contributed by atoms with Gasteiger partial charge < -0.3 is 9.47 Å². The number of hydrogen-bond acceptors (Lipinski definition) is 3. The van der Waals surface area contributed by atoms with E-state index in [0.717, 1.165) is 11.1 Å². The highest BCUT2D eigenvalue weighted by molar-refractivity contribution is 5.71. The summed E-state index contributed by atoms with van der Waals surface area (Å²) in [6.07, 6.45) is 5.50. The van der Waals surface area contributed by atoms with Gasteiger partial charge in [-0.05, 0) is 35.4 Å². The molecule has 4 heteroatoms. The summed E-state index contributed by atoms with van der Waals surface area (Å²) in [6, 6.07) is 27.5. The molecule has 1 heterocycles. The Morgan fingerprint density at radius 3 is 2.03 bits per heavy atom. The van der Waals surface area contributed by atoms with Crippen LogP contribution >= 0.6 is 0 Å². The van der Waals surface area contributed by atoms with Gasteiger partial charge in [0, 0.05) is 22.8 Å². The van der Waals surface area contributed by atoms with Gasteiger partial charge in [0.05, 0.1) is 0 Å². The lowest BCUT2D eigenvalue weighted by Gasteiger charge is -2.14. The number of halogens is 1. The molecule has 0 atom stereocenters. The highest BCUT2D eigenvalue weighted by Crippen LogP contribution is 2.33. The molecule has 0 aliphatic heterocycles. The molecule has 31 heavy (non-hydrogen) atoms. The molecule has 0 aliphatic rings. The molecule has 0 saturated heterocycles. The Balaban J connectivity index is 1.65. The highest BCUT2D eigenvalue weighted by atomic mass is 19.1. The van der Waals surface area contributed by atoms with E-state index in [-0.39, 0.29) is 5.88 Å². The number of pyridine rings is 1. The second-order valence-electron chi connectivity index (χ2n) is 6.89. The van der Waals surface area contributed by atoms with E-state index in [2.05, 4.69) is 10.9 Å². The van der Waals surface area contributed by atoms with Gasteiger partial charge in [0.2, 0.25) is 11.8 Å². The topological polar surface area (TPSA) is 31.4 Å². The number of aromatic nitrogens is 1. The van der Waals surface area contributed by atoms with Crippen molar-refractivity contribution >= 4 is 0 Å². The summed E-state index contributed by atoms with van der Waals surface area (Å²) < 4.78 is 26.4. The third-order valence-corrected chi connectivity index (χ3v) is 4.71. The lowest BCUT2D eigenvalue weighted by Crippen LogP contribution is -2.03. The first-order valence-corrected chi connectivity index (χ1v) is 9.84. The van der Waals surface area contributed by atoms with Crippen LogP contribution in [0.2, 0.25) is 0 Å². The van der Waals surface area contributed by atoms with Crippen molar-refractivity contribution < 1.29 is 13.9 Å². The van der Waals surface area contributed by atoms with Gasteiger partial charge in [-0.25, -0.2) is 4.39 Å². The minimum Gasteiger partial charge on any atom is -0.473 e. The minimum absolute atomic E-state index is 0.280. The van der Waals surface area contributed by atoms with E-state index in [1.54, 1.807) is 24.3 Å². The van der Waals surface area contributed by atoms with E-state index in [1.165, 1.54) is 6.07 Å². The van der Waals surface area contributed by atoms with Crippen LogP contribution in [0.1, 0.15) is 16.7 Å². The normalized spacial score (nSPS) is 10.3. The van der Waals surface area contributed by atoms with Gasteiger partial charge in [0.1, 0.15) is 19.0 Å². The van der Waals surface area contributed by atoms with Gasteiger partial charge in [-0.15, -0.1) is 6.42 Å². The number of benzene rings is 3. The molecule has 0 N–H and O–H groups in total. The molecule has 0 fully saturated rings. The fourth-order valence-corrected chi connectivity index (χ4v) is 3.10. The van der Waals surface area contributed by atoms with Crippen molar-refractivity contribution in [3.63, 3.8) is 0 Å². The largest absolute Gasteiger partial charge is 0.473 e. The Morgan fingerprint density at radius 2 is 1.39 bits per heavy atom. The number of ether oxygens (including phenoxy) is 2. The average molecular weight is 409 g/mol. The molecule has 3 nitrogen and oxygen atoms in total. The van der Waals surface area contributed by atoms with Crippen molar-refractivity contribution in [2.24, 2.45) is 0 Å². The summed E-state index contributed by atoms with van der Waals surface area (Å²) in [5.74, 6) is 2.81. The minimum atomic E-state index is -0.400. The molecule has 4 aromatic rings. The third kappa shape index (κ3) is 5.09. The van der Waals surface area contributed by atoms with E-state index in [4.69, 9.17) is 15.9 Å². The van der Waals surface area contributed by atoms with Crippen LogP contribution < -0.4 is 9.47 Å². The zero-order valence-electron chi connectivity index (χ0n) is 16.8. The van der Waals surface area contributed by atoms with Crippen molar-refractivity contribution in [3.05, 3.63) is 114 Å². The molecule has 0 amide bonds. The summed E-state index contributed by atoms with van der Waals surface area (Å²) >= 11 is 0. The number of terminal acetylenes is 1. The monoisotopic (exact) mass is 409 g/mol. The number of nitrogens with zero attached hydrogens (tertiary/aromatic N) is 1. The van der Waals surface area contributed by atoms with Gasteiger partial charge in [-0.1, -0.05) is 66.6 Å². The van der Waals surface area contributed by atoms with Crippen LogP contribution in [0.15, 0.2) is 91.0 Å². The molecular formula is C27H20FNO2. The molecule has 0 spiro atoms. The van der Waals surface area contributed by atoms with E-state index in [1.807, 2.05) is 60.7 Å². The van der Waals surface area contributed by atoms with Crippen LogP contribution in [0.5, 0.6) is 11.8 Å². The summed E-state index contributed by atoms with van der Waals surface area (Å²) in [7, 11) is 0. The molecule has 0 saturated carbocycles. The lowest BCUT2D eigenvalue weighted by atomic mass is 10.0. The van der Waals surface area contributed by atoms with Crippen molar-refractivity contribution in [3.8, 4) is 35.2 Å². The number of hydrogen-bond donors (Lipinski definition) is 0. The summed E-state index contributed by atoms with van der Waals surface area (Å²) in [4.78, 5) is 4.51. The molecule has 4 rings (SSSR count). The molecule has 152 valence electrons. The average Bonchev–Trinajstić information content (AvgIpc) is 2.83. The Labute approximate surface area is 181 Å². The second kappa shape index (κ2) is 9.60. The first-order valence-electron chi connectivity index (χ1n) is 9.84. The quantitative estimate of drug-likeness (QED) is 0.350. The smallest absolute Gasteiger partial charge is 0.225 e. The fraction of sp³-hybridized carbons (Fsp3) is 0.0741. The maximum atomic E-state index is 14.6. The van der Waals surface area contributed by atoms with Gasteiger partial charge >= 0.3 is 0 Å². The van der Waals surface area contributed by atoms with Crippen LogP contribution in [0, 0.1) is 18.2 Å². The van der Waals surface area contributed by atoms with Crippen molar-refractivity contribution in [1.82, 2.24) is 4.98 Å². The van der Waals surface area contributed by atoms with Gasteiger partial charge in [-0.2, -0.15) is 4.98 Å². The number of rotatable bonds is 7.